The molecule has 1 aromatic heterocycles. The zero-order valence-electron chi connectivity index (χ0n) is 6.84. The highest BCUT2D eigenvalue weighted by Gasteiger charge is 2.01. The summed E-state index contributed by atoms with van der Waals surface area (Å²) in [5.74, 6) is 0.517. The second-order valence-corrected chi connectivity index (χ2v) is 2.53. The van der Waals surface area contributed by atoms with Crippen molar-refractivity contribution in [3.05, 3.63) is 42.8 Å². The van der Waals surface area contributed by atoms with E-state index >= 15 is 0 Å². The average molecular weight is 174 g/mol. The van der Waals surface area contributed by atoms with Gasteiger partial charge in [-0.05, 0) is 17.7 Å². The van der Waals surface area contributed by atoms with Crippen LogP contribution in [0.15, 0.2) is 35.1 Å². The van der Waals surface area contributed by atoms with Crippen LogP contribution < -0.4 is 5.73 Å². The smallest absolute Gasteiger partial charge is 0.247 e. The maximum atomic E-state index is 5.34. The Hall–Kier alpha value is -1.68. The summed E-state index contributed by atoms with van der Waals surface area (Å²) in [7, 11) is 0. The van der Waals surface area contributed by atoms with Gasteiger partial charge >= 0.3 is 0 Å². The zero-order valence-corrected chi connectivity index (χ0v) is 6.84. The second-order valence-electron chi connectivity index (χ2n) is 2.53. The molecule has 13 heavy (non-hydrogen) atoms. The molecule has 0 saturated heterocycles. The molecule has 0 aliphatic heterocycles. The van der Waals surface area contributed by atoms with Crippen LogP contribution in [0.2, 0.25) is 0 Å². The Labute approximate surface area is 75.4 Å². The van der Waals surface area contributed by atoms with Crippen molar-refractivity contribution in [2.24, 2.45) is 5.73 Å². The van der Waals surface area contributed by atoms with Crippen LogP contribution in [-0.4, -0.2) is 10.2 Å². The minimum atomic E-state index is 0.517. The van der Waals surface area contributed by atoms with Crippen LogP contribution in [0.1, 0.15) is 5.56 Å². The largest absolute Gasteiger partial charge is 0.423 e. The van der Waals surface area contributed by atoms with E-state index < -0.39 is 0 Å². The molecule has 2 N–H and O–H groups in total. The molecule has 0 fully saturated rings. The molecule has 0 amide bonds. The summed E-state index contributed by atoms with van der Waals surface area (Å²) in [6.07, 6.45) is 1.30. The van der Waals surface area contributed by atoms with Gasteiger partial charge in [0.05, 0.1) is 0 Å². The SMILES string of the molecule is N[CH]c1ccc(-c2nnco2)cc1. The van der Waals surface area contributed by atoms with Crippen molar-refractivity contribution >= 4 is 0 Å². The molecule has 0 aliphatic rings. The molecule has 0 atom stereocenters. The summed E-state index contributed by atoms with van der Waals surface area (Å²) in [4.78, 5) is 0. The minimum Gasteiger partial charge on any atom is -0.423 e. The normalized spacial score (nSPS) is 10.2. The lowest BCUT2D eigenvalue weighted by molar-refractivity contribution is 0.568. The molecule has 65 valence electrons. The van der Waals surface area contributed by atoms with Gasteiger partial charge in [0.2, 0.25) is 12.3 Å². The molecule has 4 nitrogen and oxygen atoms in total. The Morgan fingerprint density at radius 3 is 2.54 bits per heavy atom. The number of rotatable bonds is 2. The Morgan fingerprint density at radius 2 is 2.00 bits per heavy atom. The van der Waals surface area contributed by atoms with Crippen LogP contribution in [0.4, 0.5) is 0 Å². The first-order valence-corrected chi connectivity index (χ1v) is 3.82. The third-order valence-corrected chi connectivity index (χ3v) is 1.71. The Morgan fingerprint density at radius 1 is 1.23 bits per heavy atom. The van der Waals surface area contributed by atoms with E-state index in [1.165, 1.54) is 12.9 Å². The van der Waals surface area contributed by atoms with E-state index in [4.69, 9.17) is 10.2 Å². The Bertz CT molecular complexity index is 366. The van der Waals surface area contributed by atoms with E-state index in [2.05, 4.69) is 10.2 Å². The van der Waals surface area contributed by atoms with Gasteiger partial charge in [-0.1, -0.05) is 12.1 Å². The number of benzene rings is 1. The molecule has 1 radical (unpaired) electrons. The molecular formula is C9H8N3O. The maximum absolute atomic E-state index is 5.34. The molecule has 0 aliphatic carbocycles. The summed E-state index contributed by atoms with van der Waals surface area (Å²) < 4.78 is 5.03. The number of nitrogens with zero attached hydrogens (tertiary/aromatic N) is 2. The molecule has 4 heteroatoms. The molecule has 0 bridgehead atoms. The molecular weight excluding hydrogens is 166 g/mol. The van der Waals surface area contributed by atoms with E-state index in [0.717, 1.165) is 11.1 Å². The average Bonchev–Trinajstić information content (AvgIpc) is 2.71. The van der Waals surface area contributed by atoms with Gasteiger partial charge < -0.3 is 10.2 Å². The van der Waals surface area contributed by atoms with Gasteiger partial charge in [0.15, 0.2) is 0 Å². The van der Waals surface area contributed by atoms with Crippen molar-refractivity contribution in [2.45, 2.75) is 0 Å². The van der Waals surface area contributed by atoms with Crippen molar-refractivity contribution in [3.8, 4) is 11.5 Å². The Balaban J connectivity index is 2.33. The van der Waals surface area contributed by atoms with Gasteiger partial charge in [0.1, 0.15) is 0 Å². The number of aromatic nitrogens is 2. The maximum Gasteiger partial charge on any atom is 0.247 e. The predicted octanol–water partition coefficient (Wildman–Crippen LogP) is 1.21. The molecule has 1 heterocycles. The first-order valence-electron chi connectivity index (χ1n) is 3.82. The highest BCUT2D eigenvalue weighted by atomic mass is 16.4. The molecule has 0 unspecified atom stereocenters. The molecule has 1 aromatic carbocycles. The molecule has 0 saturated carbocycles. The number of nitrogens with two attached hydrogens (primary N) is 1. The lowest BCUT2D eigenvalue weighted by Crippen LogP contribution is -1.91. The van der Waals surface area contributed by atoms with Crippen LogP contribution in [0.5, 0.6) is 0 Å². The fourth-order valence-corrected chi connectivity index (χ4v) is 1.04. The highest BCUT2D eigenvalue weighted by molar-refractivity contribution is 5.53. The first kappa shape index (κ1) is 7.94. The zero-order chi connectivity index (χ0) is 9.10. The lowest BCUT2D eigenvalue weighted by atomic mass is 10.1. The summed E-state index contributed by atoms with van der Waals surface area (Å²) in [6, 6.07) is 7.54. The first-order chi connectivity index (χ1) is 6.40. The lowest BCUT2D eigenvalue weighted by Gasteiger charge is -1.96. The molecule has 0 spiro atoms. The van der Waals surface area contributed by atoms with Crippen LogP contribution in [0.25, 0.3) is 11.5 Å². The van der Waals surface area contributed by atoms with Gasteiger partial charge in [-0.15, -0.1) is 10.2 Å². The van der Waals surface area contributed by atoms with E-state index in [0.29, 0.717) is 5.89 Å². The summed E-state index contributed by atoms with van der Waals surface area (Å²) >= 11 is 0. The van der Waals surface area contributed by atoms with Crippen molar-refractivity contribution in [1.82, 2.24) is 10.2 Å². The van der Waals surface area contributed by atoms with Crippen LogP contribution >= 0.6 is 0 Å². The van der Waals surface area contributed by atoms with Gasteiger partial charge in [0, 0.05) is 12.1 Å². The van der Waals surface area contributed by atoms with E-state index in [9.17, 15) is 0 Å². The van der Waals surface area contributed by atoms with E-state index in [1.54, 1.807) is 0 Å². The van der Waals surface area contributed by atoms with Crippen molar-refractivity contribution in [3.63, 3.8) is 0 Å². The minimum absolute atomic E-state index is 0.517. The standard InChI is InChI=1S/C9H8N3O/c10-5-7-1-3-8(4-2-7)9-12-11-6-13-9/h1-6H,10H2. The summed E-state index contributed by atoms with van der Waals surface area (Å²) in [5.41, 5.74) is 7.20. The van der Waals surface area contributed by atoms with Gasteiger partial charge in [-0.3, -0.25) is 0 Å². The summed E-state index contributed by atoms with van der Waals surface area (Å²) in [5, 5.41) is 7.38. The number of hydrogen-bond donors (Lipinski definition) is 1. The summed E-state index contributed by atoms with van der Waals surface area (Å²) in [6.45, 7) is 1.54. The van der Waals surface area contributed by atoms with Crippen LogP contribution in [0, 0.1) is 6.54 Å². The van der Waals surface area contributed by atoms with E-state index in [-0.39, 0.29) is 0 Å². The second kappa shape index (κ2) is 3.37. The molecule has 2 rings (SSSR count). The van der Waals surface area contributed by atoms with Crippen molar-refractivity contribution in [1.29, 1.82) is 0 Å². The topological polar surface area (TPSA) is 64.9 Å². The van der Waals surface area contributed by atoms with Crippen LogP contribution in [0.3, 0.4) is 0 Å². The monoisotopic (exact) mass is 174 g/mol. The fraction of sp³-hybridized carbons (Fsp3) is 0. The molecule has 2 aromatic rings. The van der Waals surface area contributed by atoms with Gasteiger partial charge in [-0.25, -0.2) is 0 Å². The van der Waals surface area contributed by atoms with E-state index in [1.807, 2.05) is 24.3 Å². The quantitative estimate of drug-likeness (QED) is 0.743. The van der Waals surface area contributed by atoms with Gasteiger partial charge in [-0.2, -0.15) is 0 Å². The third kappa shape index (κ3) is 1.57. The predicted molar refractivity (Wildman–Crippen MR) is 47.3 cm³/mol. The van der Waals surface area contributed by atoms with Crippen LogP contribution in [-0.2, 0) is 0 Å². The Kier molecular flexibility index (Phi) is 2.06. The van der Waals surface area contributed by atoms with Crippen molar-refractivity contribution in [2.75, 3.05) is 0 Å². The number of hydrogen-bond acceptors (Lipinski definition) is 4. The van der Waals surface area contributed by atoms with Gasteiger partial charge in [0.25, 0.3) is 0 Å². The highest BCUT2D eigenvalue weighted by Crippen LogP contribution is 2.16. The third-order valence-electron chi connectivity index (χ3n) is 1.71. The van der Waals surface area contributed by atoms with Crippen molar-refractivity contribution < 1.29 is 4.42 Å². The fourth-order valence-electron chi connectivity index (χ4n) is 1.04.